The second-order valence-electron chi connectivity index (χ2n) is 4.81. The van der Waals surface area contributed by atoms with Crippen molar-refractivity contribution in [3.63, 3.8) is 0 Å². The summed E-state index contributed by atoms with van der Waals surface area (Å²) >= 11 is 3.33. The number of benzene rings is 1. The van der Waals surface area contributed by atoms with E-state index in [1.54, 1.807) is 17.0 Å². The highest BCUT2D eigenvalue weighted by Gasteiger charge is 2.24. The molecule has 0 aliphatic carbocycles. The highest BCUT2D eigenvalue weighted by atomic mass is 79.9. The molecule has 0 radical (unpaired) electrons. The Labute approximate surface area is 127 Å². The Kier molecular flexibility index (Phi) is 4.82. The number of hydrogen-bond acceptors (Lipinski definition) is 3. The minimum Gasteiger partial charge on any atom is -0.337 e. The van der Waals surface area contributed by atoms with E-state index in [1.165, 1.54) is 10.6 Å². The van der Waals surface area contributed by atoms with Crippen LogP contribution < -0.4 is 0 Å². The smallest absolute Gasteiger partial charge is 0.253 e. The van der Waals surface area contributed by atoms with Crippen molar-refractivity contribution in [1.29, 1.82) is 0 Å². The number of amides is 1. The van der Waals surface area contributed by atoms with E-state index in [2.05, 4.69) is 15.9 Å². The van der Waals surface area contributed by atoms with E-state index in [0.717, 1.165) is 4.47 Å². The van der Waals surface area contributed by atoms with Gasteiger partial charge in [0.15, 0.2) is 0 Å². The van der Waals surface area contributed by atoms with Gasteiger partial charge in [-0.2, -0.15) is 0 Å². The Bertz CT molecular complexity index is 586. The van der Waals surface area contributed by atoms with Crippen molar-refractivity contribution in [2.24, 2.45) is 0 Å². The van der Waals surface area contributed by atoms with Gasteiger partial charge in [-0.1, -0.05) is 15.9 Å². The average Bonchev–Trinajstić information content (AvgIpc) is 2.64. The summed E-state index contributed by atoms with van der Waals surface area (Å²) in [4.78, 5) is 14.1. The summed E-state index contributed by atoms with van der Waals surface area (Å²) in [6.45, 7) is 1.85. The number of carbonyl (C=O) groups is 1. The number of carbonyl (C=O) groups excluding carboxylic acids is 1. The molecule has 1 amide bonds. The van der Waals surface area contributed by atoms with Crippen LogP contribution in [0.3, 0.4) is 0 Å². The molecule has 0 spiro atoms. The molecule has 1 aliphatic rings. The van der Waals surface area contributed by atoms with Gasteiger partial charge >= 0.3 is 0 Å². The lowest BCUT2D eigenvalue weighted by Gasteiger charge is -2.21. The molecule has 0 atom stereocenters. The summed E-state index contributed by atoms with van der Waals surface area (Å²) in [7, 11) is -3.18. The third-order valence-corrected chi connectivity index (χ3v) is 5.13. The fourth-order valence-electron chi connectivity index (χ4n) is 2.20. The van der Waals surface area contributed by atoms with E-state index in [9.17, 15) is 13.2 Å². The molecule has 1 aliphatic heterocycles. The van der Waals surface area contributed by atoms with Gasteiger partial charge in [0, 0.05) is 36.2 Å². The zero-order valence-corrected chi connectivity index (χ0v) is 13.7. The molecule has 110 valence electrons. The van der Waals surface area contributed by atoms with Crippen LogP contribution in [0.4, 0.5) is 0 Å². The summed E-state index contributed by atoms with van der Waals surface area (Å²) in [6, 6.07) is 7.19. The first kappa shape index (κ1) is 15.5. The topological polar surface area (TPSA) is 57.7 Å². The van der Waals surface area contributed by atoms with Crippen molar-refractivity contribution < 1.29 is 13.2 Å². The number of halogens is 1. The highest BCUT2D eigenvalue weighted by molar-refractivity contribution is 9.10. The molecule has 2 rings (SSSR count). The normalized spacial score (nSPS) is 17.8. The Morgan fingerprint density at radius 2 is 1.75 bits per heavy atom. The lowest BCUT2D eigenvalue weighted by molar-refractivity contribution is 0.0764. The fraction of sp³-hybridized carbons (Fsp3) is 0.462. The Balaban J connectivity index is 2.07. The molecule has 20 heavy (non-hydrogen) atoms. The minimum atomic E-state index is -3.18. The molecule has 7 heteroatoms. The first-order chi connectivity index (χ1) is 9.38. The zero-order chi connectivity index (χ0) is 14.8. The first-order valence-corrected chi connectivity index (χ1v) is 9.02. The lowest BCUT2D eigenvalue weighted by Crippen LogP contribution is -2.36. The molecule has 0 saturated carbocycles. The molecule has 0 bridgehead atoms. The van der Waals surface area contributed by atoms with Gasteiger partial charge in [0.25, 0.3) is 5.91 Å². The van der Waals surface area contributed by atoms with Crippen molar-refractivity contribution in [2.75, 3.05) is 32.4 Å². The predicted molar refractivity (Wildman–Crippen MR) is 81.1 cm³/mol. The number of sulfonamides is 1. The third kappa shape index (κ3) is 3.80. The summed E-state index contributed by atoms with van der Waals surface area (Å²) < 4.78 is 25.4. The fourth-order valence-corrected chi connectivity index (χ4v) is 3.34. The number of rotatable bonds is 2. The molecule has 0 N–H and O–H groups in total. The van der Waals surface area contributed by atoms with Crippen LogP contribution in [0.15, 0.2) is 28.7 Å². The molecule has 1 saturated heterocycles. The van der Waals surface area contributed by atoms with Gasteiger partial charge in [0.2, 0.25) is 10.0 Å². The average molecular weight is 361 g/mol. The van der Waals surface area contributed by atoms with Gasteiger partial charge in [0.05, 0.1) is 6.26 Å². The number of hydrogen-bond donors (Lipinski definition) is 0. The largest absolute Gasteiger partial charge is 0.337 e. The van der Waals surface area contributed by atoms with Crippen LogP contribution >= 0.6 is 15.9 Å². The second kappa shape index (κ2) is 6.24. The van der Waals surface area contributed by atoms with Crippen LogP contribution in [-0.2, 0) is 10.0 Å². The maximum atomic E-state index is 12.4. The van der Waals surface area contributed by atoms with Gasteiger partial charge < -0.3 is 4.90 Å². The summed E-state index contributed by atoms with van der Waals surface area (Å²) in [5.41, 5.74) is 0.626. The van der Waals surface area contributed by atoms with Crippen molar-refractivity contribution in [3.8, 4) is 0 Å². The van der Waals surface area contributed by atoms with E-state index in [-0.39, 0.29) is 5.91 Å². The maximum absolute atomic E-state index is 12.4. The van der Waals surface area contributed by atoms with Gasteiger partial charge in [-0.3, -0.25) is 4.79 Å². The second-order valence-corrected chi connectivity index (χ2v) is 7.71. The van der Waals surface area contributed by atoms with Crippen LogP contribution in [0, 0.1) is 0 Å². The molecule has 5 nitrogen and oxygen atoms in total. The predicted octanol–water partition coefficient (Wildman–Crippen LogP) is 1.56. The van der Waals surface area contributed by atoms with Crippen molar-refractivity contribution in [1.82, 2.24) is 9.21 Å². The van der Waals surface area contributed by atoms with E-state index < -0.39 is 10.0 Å². The van der Waals surface area contributed by atoms with Gasteiger partial charge in [-0.05, 0) is 30.7 Å². The van der Waals surface area contributed by atoms with Crippen LogP contribution in [0.5, 0.6) is 0 Å². The number of nitrogens with zero attached hydrogens (tertiary/aromatic N) is 2. The molecular formula is C13H17BrN2O3S. The van der Waals surface area contributed by atoms with Crippen LogP contribution in [-0.4, -0.2) is 56.0 Å². The van der Waals surface area contributed by atoms with Crippen molar-refractivity contribution in [2.45, 2.75) is 6.42 Å². The standard InChI is InChI=1S/C13H17BrN2O3S/c1-20(18,19)16-8-2-7-15(9-10-16)13(17)11-3-5-12(14)6-4-11/h3-6H,2,7-10H2,1H3. The molecular weight excluding hydrogens is 344 g/mol. The molecule has 1 fully saturated rings. The monoisotopic (exact) mass is 360 g/mol. The van der Waals surface area contributed by atoms with Gasteiger partial charge in [0.1, 0.15) is 0 Å². The zero-order valence-electron chi connectivity index (χ0n) is 11.3. The Morgan fingerprint density at radius 1 is 1.10 bits per heavy atom. The maximum Gasteiger partial charge on any atom is 0.253 e. The van der Waals surface area contributed by atoms with Crippen molar-refractivity contribution in [3.05, 3.63) is 34.3 Å². The van der Waals surface area contributed by atoms with Gasteiger partial charge in [-0.25, -0.2) is 12.7 Å². The SMILES string of the molecule is CS(=O)(=O)N1CCCN(C(=O)c2ccc(Br)cc2)CC1. The van der Waals surface area contributed by atoms with Crippen molar-refractivity contribution >= 4 is 31.9 Å². The van der Waals surface area contributed by atoms with E-state index in [0.29, 0.717) is 38.2 Å². The molecule has 1 aromatic rings. The van der Waals surface area contributed by atoms with Gasteiger partial charge in [-0.15, -0.1) is 0 Å². The van der Waals surface area contributed by atoms with E-state index in [1.807, 2.05) is 12.1 Å². The summed E-state index contributed by atoms with van der Waals surface area (Å²) in [5.74, 6) is -0.0483. The third-order valence-electron chi connectivity index (χ3n) is 3.30. The molecule has 1 heterocycles. The quantitative estimate of drug-likeness (QED) is 0.803. The van der Waals surface area contributed by atoms with Crippen LogP contribution in [0.2, 0.25) is 0 Å². The van der Waals surface area contributed by atoms with E-state index in [4.69, 9.17) is 0 Å². The lowest BCUT2D eigenvalue weighted by atomic mass is 10.2. The Morgan fingerprint density at radius 3 is 2.35 bits per heavy atom. The Hall–Kier alpha value is -0.920. The first-order valence-electron chi connectivity index (χ1n) is 6.38. The highest BCUT2D eigenvalue weighted by Crippen LogP contribution is 2.14. The van der Waals surface area contributed by atoms with Crippen LogP contribution in [0.25, 0.3) is 0 Å². The molecule has 0 aromatic heterocycles. The minimum absolute atomic E-state index is 0.0483. The summed E-state index contributed by atoms with van der Waals surface area (Å²) in [5, 5.41) is 0. The van der Waals surface area contributed by atoms with E-state index >= 15 is 0 Å². The summed E-state index contributed by atoms with van der Waals surface area (Å²) in [6.07, 6.45) is 1.87. The molecule has 1 aromatic carbocycles. The molecule has 0 unspecified atom stereocenters. The van der Waals surface area contributed by atoms with Crippen LogP contribution in [0.1, 0.15) is 16.8 Å².